The zero-order valence-electron chi connectivity index (χ0n) is 17.5. The van der Waals surface area contributed by atoms with Gasteiger partial charge in [0.25, 0.3) is 5.56 Å². The number of ether oxygens (including phenoxy) is 1. The van der Waals surface area contributed by atoms with Crippen LogP contribution in [0.5, 0.6) is 5.75 Å². The SMILES string of the molecule is COc1ccc(CCn2c(-c3cnc4ccccc4c3)nc3cc(Cl)ccc3c2=O)cc1. The van der Waals surface area contributed by atoms with Crippen LogP contribution in [0.4, 0.5) is 0 Å². The molecule has 0 unspecified atom stereocenters. The first-order chi connectivity index (χ1) is 15.6. The number of para-hydroxylation sites is 1. The number of nitrogens with zero attached hydrogens (tertiary/aromatic N) is 3. The number of benzene rings is 3. The van der Waals surface area contributed by atoms with E-state index in [1.54, 1.807) is 36.1 Å². The van der Waals surface area contributed by atoms with Crippen LogP contribution in [0.25, 0.3) is 33.2 Å². The predicted molar refractivity (Wildman–Crippen MR) is 128 cm³/mol. The van der Waals surface area contributed by atoms with Crippen molar-refractivity contribution in [1.82, 2.24) is 14.5 Å². The molecule has 0 radical (unpaired) electrons. The zero-order chi connectivity index (χ0) is 22.1. The Morgan fingerprint density at radius 1 is 0.969 bits per heavy atom. The summed E-state index contributed by atoms with van der Waals surface area (Å²) < 4.78 is 6.97. The van der Waals surface area contributed by atoms with Gasteiger partial charge < -0.3 is 4.74 Å². The van der Waals surface area contributed by atoms with Gasteiger partial charge in [0, 0.05) is 28.7 Å². The van der Waals surface area contributed by atoms with Gasteiger partial charge in [-0.2, -0.15) is 0 Å². The first-order valence-corrected chi connectivity index (χ1v) is 10.7. The van der Waals surface area contributed by atoms with Crippen LogP contribution in [0.2, 0.25) is 5.02 Å². The van der Waals surface area contributed by atoms with Gasteiger partial charge in [-0.1, -0.05) is 41.9 Å². The van der Waals surface area contributed by atoms with Crippen LogP contribution >= 0.6 is 11.6 Å². The number of hydrogen-bond donors (Lipinski definition) is 0. The molecule has 5 rings (SSSR count). The molecule has 0 saturated heterocycles. The van der Waals surface area contributed by atoms with Gasteiger partial charge in [-0.05, 0) is 54.4 Å². The number of pyridine rings is 1. The smallest absolute Gasteiger partial charge is 0.261 e. The lowest BCUT2D eigenvalue weighted by molar-refractivity contribution is 0.414. The highest BCUT2D eigenvalue weighted by atomic mass is 35.5. The average molecular weight is 442 g/mol. The summed E-state index contributed by atoms with van der Waals surface area (Å²) in [5, 5.41) is 2.08. The molecule has 0 atom stereocenters. The third-order valence-electron chi connectivity index (χ3n) is 5.55. The van der Waals surface area contributed by atoms with E-state index in [4.69, 9.17) is 21.3 Å². The Labute approximate surface area is 189 Å². The third kappa shape index (κ3) is 3.83. The van der Waals surface area contributed by atoms with Crippen LogP contribution in [-0.4, -0.2) is 21.6 Å². The van der Waals surface area contributed by atoms with Crippen molar-refractivity contribution in [3.63, 3.8) is 0 Å². The van der Waals surface area contributed by atoms with E-state index in [-0.39, 0.29) is 5.56 Å². The summed E-state index contributed by atoms with van der Waals surface area (Å²) >= 11 is 6.18. The second kappa shape index (κ2) is 8.44. The van der Waals surface area contributed by atoms with Gasteiger partial charge >= 0.3 is 0 Å². The Morgan fingerprint density at radius 2 is 1.78 bits per heavy atom. The maximum absolute atomic E-state index is 13.5. The van der Waals surface area contributed by atoms with Gasteiger partial charge in [-0.15, -0.1) is 0 Å². The minimum absolute atomic E-state index is 0.0941. The van der Waals surface area contributed by atoms with Crippen molar-refractivity contribution in [1.29, 1.82) is 0 Å². The molecule has 0 spiro atoms. The lowest BCUT2D eigenvalue weighted by atomic mass is 10.1. The van der Waals surface area contributed by atoms with Crippen molar-refractivity contribution in [2.75, 3.05) is 7.11 Å². The Hall–Kier alpha value is -3.70. The minimum Gasteiger partial charge on any atom is -0.497 e. The molecule has 5 aromatic rings. The van der Waals surface area contributed by atoms with Gasteiger partial charge in [0.1, 0.15) is 11.6 Å². The second-order valence-electron chi connectivity index (χ2n) is 7.57. The number of halogens is 1. The molecule has 0 fully saturated rings. The molecule has 158 valence electrons. The number of fused-ring (bicyclic) bond motifs is 2. The molecular formula is C26H20ClN3O2. The number of hydrogen-bond acceptors (Lipinski definition) is 4. The van der Waals surface area contributed by atoms with Gasteiger partial charge in [-0.3, -0.25) is 14.3 Å². The summed E-state index contributed by atoms with van der Waals surface area (Å²) in [7, 11) is 1.64. The van der Waals surface area contributed by atoms with Gasteiger partial charge in [-0.25, -0.2) is 4.98 Å². The van der Waals surface area contributed by atoms with Crippen LogP contribution in [-0.2, 0) is 13.0 Å². The van der Waals surface area contributed by atoms with Crippen molar-refractivity contribution in [2.24, 2.45) is 0 Å². The summed E-state index contributed by atoms with van der Waals surface area (Å²) in [5.74, 6) is 1.38. The molecule has 3 aromatic carbocycles. The normalized spacial score (nSPS) is 11.2. The standard InChI is InChI=1S/C26H20ClN3O2/c1-32-21-9-6-17(7-10-21)12-13-30-25(19-14-18-4-2-3-5-23(18)28-16-19)29-24-15-20(27)8-11-22(24)26(30)31/h2-11,14-16H,12-13H2,1H3. The lowest BCUT2D eigenvalue weighted by Crippen LogP contribution is -2.24. The highest BCUT2D eigenvalue weighted by molar-refractivity contribution is 6.31. The summed E-state index contributed by atoms with van der Waals surface area (Å²) in [6.45, 7) is 0.485. The van der Waals surface area contributed by atoms with Crippen molar-refractivity contribution in [3.8, 4) is 17.1 Å². The van der Waals surface area contributed by atoms with E-state index in [0.29, 0.717) is 34.7 Å². The fraction of sp³-hybridized carbons (Fsp3) is 0.115. The van der Waals surface area contributed by atoms with Crippen LogP contribution < -0.4 is 10.3 Å². The maximum atomic E-state index is 13.5. The summed E-state index contributed by atoms with van der Waals surface area (Å²) in [6.07, 6.45) is 2.45. The van der Waals surface area contributed by atoms with Gasteiger partial charge in [0.2, 0.25) is 0 Å². The molecular weight excluding hydrogens is 422 g/mol. The molecule has 0 aliphatic heterocycles. The molecule has 0 bridgehead atoms. The Bertz CT molecular complexity index is 1490. The van der Waals surface area contributed by atoms with E-state index in [1.165, 1.54) is 0 Å². The molecule has 0 N–H and O–H groups in total. The largest absolute Gasteiger partial charge is 0.497 e. The maximum Gasteiger partial charge on any atom is 0.261 e. The van der Waals surface area contributed by atoms with Gasteiger partial charge in [0.15, 0.2) is 0 Å². The van der Waals surface area contributed by atoms with E-state index in [9.17, 15) is 4.79 Å². The predicted octanol–water partition coefficient (Wildman–Crippen LogP) is 5.52. The molecule has 6 heteroatoms. The molecule has 2 aromatic heterocycles. The molecule has 0 saturated carbocycles. The fourth-order valence-electron chi connectivity index (χ4n) is 3.85. The monoisotopic (exact) mass is 441 g/mol. The molecule has 5 nitrogen and oxygen atoms in total. The van der Waals surface area contributed by atoms with E-state index in [0.717, 1.165) is 27.8 Å². The van der Waals surface area contributed by atoms with Crippen molar-refractivity contribution < 1.29 is 4.74 Å². The molecule has 0 amide bonds. The zero-order valence-corrected chi connectivity index (χ0v) is 18.2. The third-order valence-corrected chi connectivity index (χ3v) is 5.78. The number of methoxy groups -OCH3 is 1. The highest BCUT2D eigenvalue weighted by Gasteiger charge is 2.14. The van der Waals surface area contributed by atoms with E-state index in [1.807, 2.05) is 54.6 Å². The first kappa shape index (κ1) is 20.2. The van der Waals surface area contributed by atoms with Crippen LogP contribution in [0, 0.1) is 0 Å². The number of aryl methyl sites for hydroxylation is 1. The first-order valence-electron chi connectivity index (χ1n) is 10.3. The number of aromatic nitrogens is 3. The average Bonchev–Trinajstić information content (AvgIpc) is 2.83. The molecule has 0 aliphatic carbocycles. The van der Waals surface area contributed by atoms with E-state index in [2.05, 4.69) is 4.98 Å². The minimum atomic E-state index is -0.0941. The van der Waals surface area contributed by atoms with Crippen molar-refractivity contribution >= 4 is 33.4 Å². The van der Waals surface area contributed by atoms with E-state index < -0.39 is 0 Å². The summed E-state index contributed by atoms with van der Waals surface area (Å²) in [5.41, 5.74) is 3.27. The lowest BCUT2D eigenvalue weighted by Gasteiger charge is -2.14. The highest BCUT2D eigenvalue weighted by Crippen LogP contribution is 2.24. The fourth-order valence-corrected chi connectivity index (χ4v) is 4.01. The van der Waals surface area contributed by atoms with Crippen molar-refractivity contribution in [3.05, 3.63) is 99.9 Å². The Kier molecular flexibility index (Phi) is 5.33. The molecule has 2 heterocycles. The summed E-state index contributed by atoms with van der Waals surface area (Å²) in [4.78, 5) is 22.9. The molecule has 0 aliphatic rings. The topological polar surface area (TPSA) is 57.0 Å². The second-order valence-corrected chi connectivity index (χ2v) is 8.00. The van der Waals surface area contributed by atoms with Crippen LogP contribution in [0.1, 0.15) is 5.56 Å². The number of rotatable bonds is 5. The van der Waals surface area contributed by atoms with Gasteiger partial charge in [0.05, 0.1) is 23.5 Å². The van der Waals surface area contributed by atoms with Crippen LogP contribution in [0.3, 0.4) is 0 Å². The van der Waals surface area contributed by atoms with Crippen molar-refractivity contribution in [2.45, 2.75) is 13.0 Å². The van der Waals surface area contributed by atoms with E-state index >= 15 is 0 Å². The molecule has 32 heavy (non-hydrogen) atoms. The van der Waals surface area contributed by atoms with Crippen LogP contribution in [0.15, 0.2) is 83.8 Å². The summed E-state index contributed by atoms with van der Waals surface area (Å²) in [6, 6.07) is 23.0. The Balaban J connectivity index is 1.64. The quantitative estimate of drug-likeness (QED) is 0.360. The Morgan fingerprint density at radius 3 is 2.59 bits per heavy atom.